The zero-order chi connectivity index (χ0) is 14.0. The maximum Gasteiger partial charge on any atom is 0.419 e. The minimum absolute atomic E-state index is 0.111. The topological polar surface area (TPSA) is 81.3 Å². The maximum atomic E-state index is 11.6. The van der Waals surface area contributed by atoms with E-state index in [1.807, 2.05) is 6.92 Å². The minimum atomic E-state index is -3.23. The van der Waals surface area contributed by atoms with E-state index in [1.54, 1.807) is 25.2 Å². The molecule has 1 heterocycles. The molecular weight excluding hydrogens is 268 g/mol. The van der Waals surface area contributed by atoms with E-state index in [9.17, 15) is 13.2 Å². The van der Waals surface area contributed by atoms with Crippen LogP contribution in [0.15, 0.2) is 27.4 Å². The Kier molecular flexibility index (Phi) is 3.77. The molecule has 0 aliphatic rings. The first-order valence-electron chi connectivity index (χ1n) is 5.99. The van der Waals surface area contributed by atoms with Gasteiger partial charge in [0.2, 0.25) is 10.0 Å². The van der Waals surface area contributed by atoms with Gasteiger partial charge in [-0.15, -0.1) is 0 Å². The Morgan fingerprint density at radius 1 is 1.37 bits per heavy atom. The number of aromatic nitrogens is 1. The van der Waals surface area contributed by atoms with Crippen molar-refractivity contribution in [3.05, 3.63) is 34.3 Å². The Morgan fingerprint density at radius 2 is 2.11 bits per heavy atom. The summed E-state index contributed by atoms with van der Waals surface area (Å²) < 4.78 is 32.0. The lowest BCUT2D eigenvalue weighted by Gasteiger charge is -2.05. The molecule has 2 aromatic rings. The van der Waals surface area contributed by atoms with E-state index in [-0.39, 0.29) is 12.3 Å². The zero-order valence-corrected chi connectivity index (χ0v) is 11.7. The first-order chi connectivity index (χ1) is 8.93. The molecule has 0 atom stereocenters. The fourth-order valence-corrected chi connectivity index (χ4v) is 2.88. The first-order valence-corrected chi connectivity index (χ1v) is 7.64. The second-order valence-corrected chi connectivity index (χ2v) is 6.30. The van der Waals surface area contributed by atoms with Crippen LogP contribution < -0.4 is 10.5 Å². The standard InChI is InChI=1S/C12H16N2O4S/c1-3-6-19(16,17)13-8-9-4-5-11-10(7-9)14(2)12(15)18-11/h4-5,7,13H,3,6,8H2,1-2H3. The van der Waals surface area contributed by atoms with Gasteiger partial charge in [-0.3, -0.25) is 4.57 Å². The lowest BCUT2D eigenvalue weighted by molar-refractivity contribution is 0.528. The third-order valence-electron chi connectivity index (χ3n) is 2.82. The van der Waals surface area contributed by atoms with Crippen LogP contribution in [-0.2, 0) is 23.6 Å². The Labute approximate surface area is 111 Å². The summed E-state index contributed by atoms with van der Waals surface area (Å²) in [6.07, 6.45) is 0.574. The van der Waals surface area contributed by atoms with Crippen molar-refractivity contribution in [2.75, 3.05) is 5.75 Å². The quantitative estimate of drug-likeness (QED) is 0.886. The monoisotopic (exact) mass is 284 g/mol. The smallest absolute Gasteiger partial charge is 0.408 e. The second kappa shape index (κ2) is 5.18. The summed E-state index contributed by atoms with van der Waals surface area (Å²) in [6, 6.07) is 5.15. The van der Waals surface area contributed by atoms with Crippen molar-refractivity contribution in [2.45, 2.75) is 19.9 Å². The lowest BCUT2D eigenvalue weighted by atomic mass is 10.2. The Morgan fingerprint density at radius 3 is 2.79 bits per heavy atom. The van der Waals surface area contributed by atoms with Crippen molar-refractivity contribution in [1.29, 1.82) is 0 Å². The van der Waals surface area contributed by atoms with E-state index in [1.165, 1.54) is 4.57 Å². The van der Waals surface area contributed by atoms with Crippen LogP contribution in [0.1, 0.15) is 18.9 Å². The first kappa shape index (κ1) is 13.8. The highest BCUT2D eigenvalue weighted by Gasteiger charge is 2.10. The zero-order valence-electron chi connectivity index (χ0n) is 10.8. The van der Waals surface area contributed by atoms with Crippen LogP contribution in [0.25, 0.3) is 11.1 Å². The molecular formula is C12H16N2O4S. The number of benzene rings is 1. The van der Waals surface area contributed by atoms with Gasteiger partial charge in [-0.2, -0.15) is 0 Å². The summed E-state index contributed by atoms with van der Waals surface area (Å²) in [7, 11) is -1.62. The summed E-state index contributed by atoms with van der Waals surface area (Å²) in [5.74, 6) is -0.321. The van der Waals surface area contributed by atoms with Crippen LogP contribution in [0.3, 0.4) is 0 Å². The van der Waals surface area contributed by atoms with Gasteiger partial charge in [0.15, 0.2) is 5.58 Å². The molecule has 6 nitrogen and oxygen atoms in total. The van der Waals surface area contributed by atoms with Crippen molar-refractivity contribution in [2.24, 2.45) is 7.05 Å². The summed E-state index contributed by atoms with van der Waals surface area (Å²) in [6.45, 7) is 2.02. The highest BCUT2D eigenvalue weighted by Crippen LogP contribution is 2.14. The number of nitrogens with zero attached hydrogens (tertiary/aromatic N) is 1. The number of sulfonamides is 1. The molecule has 19 heavy (non-hydrogen) atoms. The van der Waals surface area contributed by atoms with Gasteiger partial charge in [0.1, 0.15) is 0 Å². The van der Waals surface area contributed by atoms with Gasteiger partial charge in [-0.25, -0.2) is 17.9 Å². The predicted octanol–water partition coefficient (Wildman–Crippen LogP) is 0.961. The van der Waals surface area contributed by atoms with E-state index >= 15 is 0 Å². The number of oxazole rings is 1. The average molecular weight is 284 g/mol. The minimum Gasteiger partial charge on any atom is -0.408 e. The van der Waals surface area contributed by atoms with Crippen LogP contribution in [0, 0.1) is 0 Å². The van der Waals surface area contributed by atoms with Gasteiger partial charge in [-0.1, -0.05) is 13.0 Å². The third-order valence-corrected chi connectivity index (χ3v) is 4.35. The fourth-order valence-electron chi connectivity index (χ4n) is 1.82. The molecule has 1 N–H and O–H groups in total. The van der Waals surface area contributed by atoms with Crippen LogP contribution in [-0.4, -0.2) is 18.7 Å². The van der Waals surface area contributed by atoms with E-state index < -0.39 is 15.8 Å². The van der Waals surface area contributed by atoms with Crippen molar-refractivity contribution >= 4 is 21.1 Å². The normalized spacial score (nSPS) is 12.1. The SMILES string of the molecule is CCCS(=O)(=O)NCc1ccc2oc(=O)n(C)c2c1. The molecule has 0 aliphatic heterocycles. The van der Waals surface area contributed by atoms with Gasteiger partial charge in [0, 0.05) is 13.6 Å². The van der Waals surface area contributed by atoms with E-state index in [2.05, 4.69) is 4.72 Å². The Hall–Kier alpha value is -1.60. The fraction of sp³-hybridized carbons (Fsp3) is 0.417. The molecule has 0 saturated carbocycles. The van der Waals surface area contributed by atoms with Crippen molar-refractivity contribution in [3.8, 4) is 0 Å². The molecule has 1 aromatic carbocycles. The van der Waals surface area contributed by atoms with Gasteiger partial charge in [0.25, 0.3) is 0 Å². The molecule has 0 saturated heterocycles. The Balaban J connectivity index is 2.23. The van der Waals surface area contributed by atoms with Crippen molar-refractivity contribution < 1.29 is 12.8 Å². The second-order valence-electron chi connectivity index (χ2n) is 4.37. The molecule has 0 radical (unpaired) electrons. The molecule has 0 unspecified atom stereocenters. The number of nitrogens with one attached hydrogen (secondary N) is 1. The van der Waals surface area contributed by atoms with Crippen molar-refractivity contribution in [1.82, 2.24) is 9.29 Å². The maximum absolute atomic E-state index is 11.6. The molecule has 104 valence electrons. The Bertz CT molecular complexity index is 743. The van der Waals surface area contributed by atoms with Crippen LogP contribution >= 0.6 is 0 Å². The van der Waals surface area contributed by atoms with Crippen LogP contribution in [0.4, 0.5) is 0 Å². The highest BCUT2D eigenvalue weighted by atomic mass is 32.2. The van der Waals surface area contributed by atoms with Crippen LogP contribution in [0.5, 0.6) is 0 Å². The van der Waals surface area contributed by atoms with Gasteiger partial charge in [-0.05, 0) is 24.1 Å². The summed E-state index contributed by atoms with van der Waals surface area (Å²) in [4.78, 5) is 11.3. The summed E-state index contributed by atoms with van der Waals surface area (Å²) in [5, 5.41) is 0. The number of rotatable bonds is 5. The van der Waals surface area contributed by atoms with E-state index in [0.717, 1.165) is 5.56 Å². The molecule has 2 rings (SSSR count). The molecule has 0 spiro atoms. The lowest BCUT2D eigenvalue weighted by Crippen LogP contribution is -2.25. The molecule has 7 heteroatoms. The van der Waals surface area contributed by atoms with Crippen LogP contribution in [0.2, 0.25) is 0 Å². The van der Waals surface area contributed by atoms with E-state index in [4.69, 9.17) is 4.42 Å². The number of hydrogen-bond acceptors (Lipinski definition) is 4. The summed E-state index contributed by atoms with van der Waals surface area (Å²) in [5.41, 5.74) is 1.92. The molecule has 0 fully saturated rings. The molecule has 0 amide bonds. The molecule has 0 bridgehead atoms. The van der Waals surface area contributed by atoms with Gasteiger partial charge in [0.05, 0.1) is 11.3 Å². The summed E-state index contributed by atoms with van der Waals surface area (Å²) >= 11 is 0. The largest absolute Gasteiger partial charge is 0.419 e. The highest BCUT2D eigenvalue weighted by molar-refractivity contribution is 7.89. The van der Waals surface area contributed by atoms with Gasteiger partial charge >= 0.3 is 5.76 Å². The molecule has 0 aliphatic carbocycles. The predicted molar refractivity (Wildman–Crippen MR) is 72.4 cm³/mol. The van der Waals surface area contributed by atoms with E-state index in [0.29, 0.717) is 17.5 Å². The average Bonchev–Trinajstić information content (AvgIpc) is 2.63. The number of fused-ring (bicyclic) bond motifs is 1. The number of aryl methyl sites for hydroxylation is 1. The molecule has 1 aromatic heterocycles. The number of hydrogen-bond donors (Lipinski definition) is 1. The van der Waals surface area contributed by atoms with Crippen molar-refractivity contribution in [3.63, 3.8) is 0 Å². The van der Waals surface area contributed by atoms with Gasteiger partial charge < -0.3 is 4.42 Å². The third kappa shape index (κ3) is 3.05.